The van der Waals surface area contributed by atoms with Gasteiger partial charge in [-0.05, 0) is 34.5 Å². The molecule has 0 saturated carbocycles. The smallest absolute Gasteiger partial charge is 0.353 e. The van der Waals surface area contributed by atoms with Gasteiger partial charge in [0.25, 0.3) is 0 Å². The van der Waals surface area contributed by atoms with Gasteiger partial charge in [-0.2, -0.15) is 0 Å². The molecule has 0 atom stereocenters. The van der Waals surface area contributed by atoms with E-state index in [0.29, 0.717) is 18.7 Å². The highest BCUT2D eigenvalue weighted by molar-refractivity contribution is 9.10. The molecule has 1 heterocycles. The molecule has 78 valence electrons. The van der Waals surface area contributed by atoms with Crippen molar-refractivity contribution < 1.29 is 9.53 Å². The van der Waals surface area contributed by atoms with Crippen LogP contribution in [0.3, 0.4) is 0 Å². The Morgan fingerprint density at radius 2 is 2.40 bits per heavy atom. The molecule has 0 bridgehead atoms. The number of ether oxygens (including phenoxy) is 1. The molecule has 3 nitrogen and oxygen atoms in total. The van der Waals surface area contributed by atoms with Crippen molar-refractivity contribution in [2.24, 2.45) is 4.99 Å². The minimum absolute atomic E-state index is 0.319. The molecule has 4 heteroatoms. The molecule has 0 fully saturated rings. The lowest BCUT2D eigenvalue weighted by Crippen LogP contribution is -2.17. The van der Waals surface area contributed by atoms with Crippen LogP contribution in [0.4, 0.5) is 5.69 Å². The fourth-order valence-electron chi connectivity index (χ4n) is 1.51. The average Bonchev–Trinajstić information content (AvgIpc) is 2.63. The average molecular weight is 268 g/mol. The molecule has 0 amide bonds. The summed E-state index contributed by atoms with van der Waals surface area (Å²) < 4.78 is 5.83. The second-order valence-electron chi connectivity index (χ2n) is 3.20. The van der Waals surface area contributed by atoms with Gasteiger partial charge in [-0.3, -0.25) is 0 Å². The van der Waals surface area contributed by atoms with Crippen molar-refractivity contribution in [3.05, 3.63) is 28.2 Å². The number of aliphatic imine (C=N–C) groups is 1. The van der Waals surface area contributed by atoms with Crippen LogP contribution in [0.15, 0.2) is 27.7 Å². The van der Waals surface area contributed by atoms with Gasteiger partial charge in [-0.25, -0.2) is 9.79 Å². The highest BCUT2D eigenvalue weighted by atomic mass is 79.9. The van der Waals surface area contributed by atoms with Crippen molar-refractivity contribution in [2.75, 3.05) is 6.61 Å². The first-order valence-electron chi connectivity index (χ1n) is 4.74. The van der Waals surface area contributed by atoms with E-state index >= 15 is 0 Å². The van der Waals surface area contributed by atoms with Crippen LogP contribution in [-0.2, 0) is 16.0 Å². The van der Waals surface area contributed by atoms with Crippen molar-refractivity contribution in [1.82, 2.24) is 0 Å². The molecule has 0 spiro atoms. The van der Waals surface area contributed by atoms with E-state index in [1.54, 1.807) is 6.92 Å². The van der Waals surface area contributed by atoms with Crippen LogP contribution in [0.5, 0.6) is 0 Å². The van der Waals surface area contributed by atoms with E-state index in [0.717, 1.165) is 15.7 Å². The van der Waals surface area contributed by atoms with Crippen LogP contribution in [-0.4, -0.2) is 18.3 Å². The third kappa shape index (κ3) is 1.95. The molecule has 1 aliphatic heterocycles. The van der Waals surface area contributed by atoms with E-state index in [9.17, 15) is 4.79 Å². The van der Waals surface area contributed by atoms with Gasteiger partial charge in [-0.15, -0.1) is 0 Å². The number of halogens is 1. The SMILES string of the molecule is CCOC(=O)C1=Nc2c(Br)cccc2C1. The number of hydrogen-bond donors (Lipinski definition) is 0. The Balaban J connectivity index is 2.28. The standard InChI is InChI=1S/C11H10BrNO2/c1-2-15-11(14)9-6-7-4-3-5-8(12)10(7)13-9/h3-5H,2,6H2,1H3. The monoisotopic (exact) mass is 267 g/mol. The zero-order valence-corrected chi connectivity index (χ0v) is 9.87. The van der Waals surface area contributed by atoms with Crippen molar-refractivity contribution >= 4 is 33.3 Å². The zero-order valence-electron chi connectivity index (χ0n) is 8.29. The summed E-state index contributed by atoms with van der Waals surface area (Å²) in [6.45, 7) is 2.17. The molecular weight excluding hydrogens is 258 g/mol. The van der Waals surface area contributed by atoms with E-state index in [1.807, 2.05) is 18.2 Å². The first-order valence-corrected chi connectivity index (χ1v) is 5.53. The number of para-hydroxylation sites is 1. The lowest BCUT2D eigenvalue weighted by molar-refractivity contribution is -0.135. The molecule has 0 aromatic heterocycles. The first-order chi connectivity index (χ1) is 7.22. The number of hydrogen-bond acceptors (Lipinski definition) is 3. The topological polar surface area (TPSA) is 38.7 Å². The minimum atomic E-state index is -0.319. The summed E-state index contributed by atoms with van der Waals surface area (Å²) >= 11 is 3.40. The van der Waals surface area contributed by atoms with E-state index in [-0.39, 0.29) is 5.97 Å². The molecule has 0 radical (unpaired) electrons. The quantitative estimate of drug-likeness (QED) is 0.773. The summed E-state index contributed by atoms with van der Waals surface area (Å²) in [6.07, 6.45) is 0.563. The molecule has 0 unspecified atom stereocenters. The molecule has 0 saturated heterocycles. The summed E-state index contributed by atoms with van der Waals surface area (Å²) in [5.41, 5.74) is 2.40. The molecular formula is C11H10BrNO2. The number of nitrogens with zero attached hydrogens (tertiary/aromatic N) is 1. The molecule has 1 aromatic carbocycles. The summed E-state index contributed by atoms with van der Waals surface area (Å²) in [4.78, 5) is 15.7. The molecule has 1 aliphatic rings. The third-order valence-corrected chi connectivity index (χ3v) is 2.83. The Hall–Kier alpha value is -1.16. The number of esters is 1. The predicted octanol–water partition coefficient (Wildman–Crippen LogP) is 2.64. The van der Waals surface area contributed by atoms with Gasteiger partial charge in [-0.1, -0.05) is 12.1 Å². The lowest BCUT2D eigenvalue weighted by atomic mass is 10.1. The number of rotatable bonds is 2. The number of fused-ring (bicyclic) bond motifs is 1. The second kappa shape index (κ2) is 4.14. The molecule has 0 N–H and O–H groups in total. The fourth-order valence-corrected chi connectivity index (χ4v) is 2.01. The maximum atomic E-state index is 11.5. The zero-order chi connectivity index (χ0) is 10.8. The van der Waals surface area contributed by atoms with Crippen LogP contribution in [0, 0.1) is 0 Å². The normalized spacial score (nSPS) is 13.3. The summed E-state index contributed by atoms with van der Waals surface area (Å²) in [7, 11) is 0. The van der Waals surface area contributed by atoms with Crippen molar-refractivity contribution in [3.63, 3.8) is 0 Å². The van der Waals surface area contributed by atoms with Crippen LogP contribution >= 0.6 is 15.9 Å². The van der Waals surface area contributed by atoms with Crippen LogP contribution in [0.2, 0.25) is 0 Å². The van der Waals surface area contributed by atoms with Gasteiger partial charge in [0.05, 0.1) is 12.3 Å². The van der Waals surface area contributed by atoms with Crippen molar-refractivity contribution in [2.45, 2.75) is 13.3 Å². The van der Waals surface area contributed by atoms with E-state index in [2.05, 4.69) is 20.9 Å². The molecule has 0 aliphatic carbocycles. The fraction of sp³-hybridized carbons (Fsp3) is 0.273. The molecule has 1 aromatic rings. The second-order valence-corrected chi connectivity index (χ2v) is 4.06. The highest BCUT2D eigenvalue weighted by Gasteiger charge is 2.22. The van der Waals surface area contributed by atoms with Gasteiger partial charge in [0.2, 0.25) is 0 Å². The first kappa shape index (κ1) is 10.4. The Labute approximate surface area is 96.3 Å². The van der Waals surface area contributed by atoms with E-state index < -0.39 is 0 Å². The maximum absolute atomic E-state index is 11.5. The Morgan fingerprint density at radius 3 is 3.07 bits per heavy atom. The number of carbonyl (C=O) groups is 1. The maximum Gasteiger partial charge on any atom is 0.353 e. The van der Waals surface area contributed by atoms with E-state index in [4.69, 9.17) is 4.74 Å². The van der Waals surface area contributed by atoms with Gasteiger partial charge >= 0.3 is 5.97 Å². The Kier molecular flexibility index (Phi) is 2.86. The Morgan fingerprint density at radius 1 is 1.60 bits per heavy atom. The highest BCUT2D eigenvalue weighted by Crippen LogP contribution is 2.34. The summed E-state index contributed by atoms with van der Waals surface area (Å²) in [6, 6.07) is 5.82. The van der Waals surface area contributed by atoms with Crippen LogP contribution in [0.25, 0.3) is 0 Å². The lowest BCUT2D eigenvalue weighted by Gasteiger charge is -1.99. The summed E-state index contributed by atoms with van der Waals surface area (Å²) in [5, 5.41) is 0. The van der Waals surface area contributed by atoms with Crippen molar-refractivity contribution in [1.29, 1.82) is 0 Å². The van der Waals surface area contributed by atoms with Crippen LogP contribution in [0.1, 0.15) is 12.5 Å². The van der Waals surface area contributed by atoms with Crippen molar-refractivity contribution in [3.8, 4) is 0 Å². The predicted molar refractivity (Wildman–Crippen MR) is 61.6 cm³/mol. The number of benzene rings is 1. The summed E-state index contributed by atoms with van der Waals surface area (Å²) in [5.74, 6) is -0.319. The minimum Gasteiger partial charge on any atom is -0.461 e. The third-order valence-electron chi connectivity index (χ3n) is 2.19. The molecule has 15 heavy (non-hydrogen) atoms. The largest absolute Gasteiger partial charge is 0.461 e. The van der Waals surface area contributed by atoms with Gasteiger partial charge < -0.3 is 4.74 Å². The van der Waals surface area contributed by atoms with Gasteiger partial charge in [0.15, 0.2) is 0 Å². The Bertz CT molecular complexity index is 440. The molecule has 2 rings (SSSR count). The number of carbonyl (C=O) groups excluding carboxylic acids is 1. The van der Waals surface area contributed by atoms with Gasteiger partial charge in [0.1, 0.15) is 5.71 Å². The van der Waals surface area contributed by atoms with Gasteiger partial charge in [0, 0.05) is 10.9 Å². The van der Waals surface area contributed by atoms with Crippen LogP contribution < -0.4 is 0 Å². The van der Waals surface area contributed by atoms with E-state index in [1.165, 1.54) is 0 Å².